The standard InChI is InChI=1S/C17H24ClNO2Si/c1-7-15(17(5,6)21-22-16(2,3)4)20-13-9-8-12(11-19)14(18)10-13/h7-10,15H,1,22H2,2-6H3. The maximum Gasteiger partial charge on any atom is 0.167 e. The van der Waals surface area contributed by atoms with Crippen molar-refractivity contribution in [3.8, 4) is 11.8 Å². The van der Waals surface area contributed by atoms with Crippen LogP contribution in [-0.2, 0) is 4.43 Å². The molecule has 3 nitrogen and oxygen atoms in total. The molecule has 1 rings (SSSR count). The van der Waals surface area contributed by atoms with Crippen molar-refractivity contribution in [3.63, 3.8) is 0 Å². The Balaban J connectivity index is 2.86. The van der Waals surface area contributed by atoms with E-state index in [-0.39, 0.29) is 11.1 Å². The first-order valence-corrected chi connectivity index (χ1v) is 8.88. The first kappa shape index (κ1) is 18.8. The molecule has 0 radical (unpaired) electrons. The van der Waals surface area contributed by atoms with E-state index in [1.165, 1.54) is 0 Å². The number of hydrogen-bond acceptors (Lipinski definition) is 3. The molecule has 0 amide bonds. The summed E-state index contributed by atoms with van der Waals surface area (Å²) in [5, 5.41) is 9.50. The van der Waals surface area contributed by atoms with Gasteiger partial charge in [-0.25, -0.2) is 0 Å². The van der Waals surface area contributed by atoms with Crippen molar-refractivity contribution >= 4 is 21.4 Å². The summed E-state index contributed by atoms with van der Waals surface area (Å²) in [5.41, 5.74) is -0.0402. The molecule has 0 aromatic heterocycles. The molecular weight excluding hydrogens is 314 g/mol. The molecule has 1 unspecified atom stereocenters. The molecule has 0 N–H and O–H groups in total. The van der Waals surface area contributed by atoms with Crippen LogP contribution in [0.25, 0.3) is 0 Å². The first-order valence-electron chi connectivity index (χ1n) is 7.22. The van der Waals surface area contributed by atoms with E-state index in [1.807, 2.05) is 19.9 Å². The van der Waals surface area contributed by atoms with E-state index in [0.717, 1.165) is 0 Å². The maximum atomic E-state index is 8.91. The van der Waals surface area contributed by atoms with Crippen molar-refractivity contribution in [3.05, 3.63) is 41.4 Å². The second-order valence-electron chi connectivity index (χ2n) is 6.98. The Hall–Kier alpha value is -1.28. The van der Waals surface area contributed by atoms with Gasteiger partial charge in [0.05, 0.1) is 16.2 Å². The zero-order chi connectivity index (χ0) is 17.0. The van der Waals surface area contributed by atoms with E-state index in [2.05, 4.69) is 27.4 Å². The Kier molecular flexibility index (Phi) is 6.24. The Morgan fingerprint density at radius 1 is 1.32 bits per heavy atom. The summed E-state index contributed by atoms with van der Waals surface area (Å²) < 4.78 is 12.1. The van der Waals surface area contributed by atoms with Gasteiger partial charge in [0.2, 0.25) is 0 Å². The minimum Gasteiger partial charge on any atom is -0.483 e. The van der Waals surface area contributed by atoms with Gasteiger partial charge in [-0.1, -0.05) is 39.0 Å². The number of nitriles is 1. The molecule has 0 aliphatic heterocycles. The van der Waals surface area contributed by atoms with Crippen LogP contribution in [0.2, 0.25) is 10.1 Å². The summed E-state index contributed by atoms with van der Waals surface area (Å²) in [6.45, 7) is 14.4. The van der Waals surface area contributed by atoms with Gasteiger partial charge >= 0.3 is 0 Å². The summed E-state index contributed by atoms with van der Waals surface area (Å²) in [4.78, 5) is 0. The molecule has 0 spiro atoms. The van der Waals surface area contributed by atoms with Gasteiger partial charge in [-0.15, -0.1) is 0 Å². The third kappa shape index (κ3) is 5.49. The average Bonchev–Trinajstić information content (AvgIpc) is 2.42. The fraction of sp³-hybridized carbons (Fsp3) is 0.471. The van der Waals surface area contributed by atoms with Crippen molar-refractivity contribution in [1.29, 1.82) is 5.26 Å². The van der Waals surface area contributed by atoms with Crippen molar-refractivity contribution < 1.29 is 9.16 Å². The number of hydrogen-bond donors (Lipinski definition) is 0. The minimum absolute atomic E-state index is 0.209. The first-order chi connectivity index (χ1) is 10.1. The lowest BCUT2D eigenvalue weighted by atomic mass is 10.0. The van der Waals surface area contributed by atoms with Gasteiger partial charge in [0.25, 0.3) is 0 Å². The van der Waals surface area contributed by atoms with Crippen molar-refractivity contribution in [2.24, 2.45) is 0 Å². The maximum absolute atomic E-state index is 8.91. The zero-order valence-electron chi connectivity index (χ0n) is 13.9. The van der Waals surface area contributed by atoms with Gasteiger partial charge in [-0.3, -0.25) is 0 Å². The molecule has 0 bridgehead atoms. The molecule has 0 fully saturated rings. The fourth-order valence-corrected chi connectivity index (χ4v) is 2.95. The second kappa shape index (κ2) is 7.32. The average molecular weight is 338 g/mol. The van der Waals surface area contributed by atoms with Gasteiger partial charge in [0.15, 0.2) is 9.76 Å². The van der Waals surface area contributed by atoms with Crippen LogP contribution in [0.1, 0.15) is 40.2 Å². The Labute approximate surface area is 140 Å². The largest absolute Gasteiger partial charge is 0.483 e. The van der Waals surface area contributed by atoms with Gasteiger partial charge < -0.3 is 9.16 Å². The topological polar surface area (TPSA) is 42.2 Å². The summed E-state index contributed by atoms with van der Waals surface area (Å²) in [6.07, 6.45) is 1.44. The molecule has 0 heterocycles. The molecule has 1 atom stereocenters. The van der Waals surface area contributed by atoms with Crippen molar-refractivity contribution in [2.45, 2.75) is 51.4 Å². The van der Waals surface area contributed by atoms with Crippen LogP contribution in [0.5, 0.6) is 5.75 Å². The van der Waals surface area contributed by atoms with E-state index < -0.39 is 15.4 Å². The molecule has 5 heteroatoms. The highest BCUT2D eigenvalue weighted by molar-refractivity contribution is 6.32. The highest BCUT2D eigenvalue weighted by Gasteiger charge is 2.31. The lowest BCUT2D eigenvalue weighted by molar-refractivity contribution is 0.0115. The van der Waals surface area contributed by atoms with Crippen LogP contribution < -0.4 is 4.74 Å². The Morgan fingerprint density at radius 3 is 2.41 bits per heavy atom. The van der Waals surface area contributed by atoms with E-state index in [1.54, 1.807) is 24.3 Å². The van der Waals surface area contributed by atoms with E-state index in [4.69, 9.17) is 26.0 Å². The molecule has 1 aromatic carbocycles. The smallest absolute Gasteiger partial charge is 0.167 e. The number of benzene rings is 1. The van der Waals surface area contributed by atoms with Crippen LogP contribution in [0.4, 0.5) is 0 Å². The molecule has 120 valence electrons. The second-order valence-corrected chi connectivity index (χ2v) is 10.1. The summed E-state index contributed by atoms with van der Waals surface area (Å²) in [7, 11) is -0.711. The predicted molar refractivity (Wildman–Crippen MR) is 94.2 cm³/mol. The molecule has 0 aliphatic carbocycles. The number of halogens is 1. The monoisotopic (exact) mass is 337 g/mol. The lowest BCUT2D eigenvalue weighted by Gasteiger charge is -2.35. The molecule has 1 aromatic rings. The van der Waals surface area contributed by atoms with Gasteiger partial charge in [-0.05, 0) is 37.1 Å². The fourth-order valence-electron chi connectivity index (χ4n) is 1.76. The Bertz CT molecular complexity index is 573. The molecule has 22 heavy (non-hydrogen) atoms. The summed E-state index contributed by atoms with van der Waals surface area (Å²) in [6, 6.07) is 7.06. The molecule has 0 saturated carbocycles. The van der Waals surface area contributed by atoms with Crippen LogP contribution >= 0.6 is 11.6 Å². The molecule has 0 aliphatic rings. The SMILES string of the molecule is C=CC(Oc1ccc(C#N)c(Cl)c1)C(C)(C)O[SiH2]C(C)(C)C. The number of ether oxygens (including phenoxy) is 1. The van der Waals surface area contributed by atoms with Crippen molar-refractivity contribution in [1.82, 2.24) is 0 Å². The zero-order valence-corrected chi connectivity index (χ0v) is 16.1. The van der Waals surface area contributed by atoms with Gasteiger partial charge in [0, 0.05) is 6.07 Å². The van der Waals surface area contributed by atoms with Crippen LogP contribution in [0.15, 0.2) is 30.9 Å². The van der Waals surface area contributed by atoms with Gasteiger partial charge in [-0.2, -0.15) is 5.26 Å². The highest BCUT2D eigenvalue weighted by atomic mass is 35.5. The normalized spacial score (nSPS) is 13.9. The van der Waals surface area contributed by atoms with E-state index in [9.17, 15) is 0 Å². The van der Waals surface area contributed by atoms with E-state index in [0.29, 0.717) is 16.3 Å². The Morgan fingerprint density at radius 2 is 1.95 bits per heavy atom. The lowest BCUT2D eigenvalue weighted by Crippen LogP contribution is -2.43. The number of rotatable bonds is 6. The summed E-state index contributed by atoms with van der Waals surface area (Å²) in [5.74, 6) is 0.600. The molecular formula is C17H24ClNO2Si. The number of nitrogens with zero attached hydrogens (tertiary/aromatic N) is 1. The predicted octanol–water partition coefficient (Wildman–Crippen LogP) is 4.24. The van der Waals surface area contributed by atoms with Crippen molar-refractivity contribution in [2.75, 3.05) is 0 Å². The third-order valence-corrected chi connectivity index (χ3v) is 5.17. The van der Waals surface area contributed by atoms with Crippen LogP contribution in [0.3, 0.4) is 0 Å². The molecule has 0 saturated heterocycles. The minimum atomic E-state index is -0.711. The summed E-state index contributed by atoms with van der Waals surface area (Å²) >= 11 is 6.04. The third-order valence-electron chi connectivity index (χ3n) is 3.10. The highest BCUT2D eigenvalue weighted by Crippen LogP contribution is 2.29. The quantitative estimate of drug-likeness (QED) is 0.576. The van der Waals surface area contributed by atoms with E-state index >= 15 is 0 Å². The van der Waals surface area contributed by atoms with Gasteiger partial charge in [0.1, 0.15) is 17.9 Å². The van der Waals surface area contributed by atoms with Crippen LogP contribution in [0, 0.1) is 11.3 Å². The van der Waals surface area contributed by atoms with Crippen LogP contribution in [-0.4, -0.2) is 21.5 Å².